The molecule has 3 unspecified atom stereocenters. The van der Waals surface area contributed by atoms with E-state index in [9.17, 15) is 0 Å². The molecule has 0 amide bonds. The summed E-state index contributed by atoms with van der Waals surface area (Å²) in [7, 11) is 4.44. The van der Waals surface area contributed by atoms with Gasteiger partial charge in [0.15, 0.2) is 0 Å². The lowest BCUT2D eigenvalue weighted by Gasteiger charge is -2.45. The van der Waals surface area contributed by atoms with Gasteiger partial charge in [0.25, 0.3) is 5.41 Å². The topological polar surface area (TPSA) is 77.1 Å². The molecule has 0 aromatic heterocycles. The largest absolute Gasteiger partial charge is 0.566 e. The highest BCUT2D eigenvalue weighted by molar-refractivity contribution is 6.63. The molecule has 0 aromatic carbocycles. The number of epoxide rings is 1. The quantitative estimate of drug-likeness (QED) is 0.169. The Labute approximate surface area is 158 Å². The fraction of sp³-hybridized carbons (Fsp3) is 1.00. The van der Waals surface area contributed by atoms with Crippen molar-refractivity contribution in [3.63, 3.8) is 0 Å². The first-order chi connectivity index (χ1) is 12.5. The molecule has 1 rings (SSSR count). The highest BCUT2D eigenvalue weighted by atomic mass is 28.4. The summed E-state index contributed by atoms with van der Waals surface area (Å²) >= 11 is 0. The lowest BCUT2D eigenvalue weighted by atomic mass is 10.2. The van der Waals surface area contributed by atoms with Crippen LogP contribution in [0.5, 0.6) is 0 Å². The van der Waals surface area contributed by atoms with E-state index in [2.05, 4.69) is 0 Å². The molecule has 0 bridgehead atoms. The van der Waals surface area contributed by atoms with Crippen LogP contribution in [-0.4, -0.2) is 87.9 Å². The van der Waals surface area contributed by atoms with E-state index in [1.807, 2.05) is 13.8 Å². The Morgan fingerprint density at radius 1 is 1.12 bits per heavy atom. The Kier molecular flexibility index (Phi) is 10.7. The molecule has 9 heteroatoms. The van der Waals surface area contributed by atoms with Crippen LogP contribution in [0, 0.1) is 0 Å². The lowest BCUT2D eigenvalue weighted by molar-refractivity contribution is -0.247. The van der Waals surface area contributed by atoms with Gasteiger partial charge >= 0.3 is 8.80 Å². The summed E-state index contributed by atoms with van der Waals surface area (Å²) in [6.07, 6.45) is 2.32. The third-order valence-electron chi connectivity index (χ3n) is 4.67. The Morgan fingerprint density at radius 2 is 1.73 bits per heavy atom. The first kappa shape index (κ1) is 23.9. The van der Waals surface area contributed by atoms with Crippen molar-refractivity contribution in [2.24, 2.45) is 0 Å². The van der Waals surface area contributed by atoms with Gasteiger partial charge in [0.05, 0.1) is 19.3 Å². The average Bonchev–Trinajstić information content (AvgIpc) is 3.50. The highest BCUT2D eigenvalue weighted by Gasteiger charge is 2.67. The molecule has 8 nitrogen and oxygen atoms in total. The Balaban J connectivity index is 2.66. The zero-order valence-corrected chi connectivity index (χ0v) is 18.2. The summed E-state index contributed by atoms with van der Waals surface area (Å²) in [6, 6.07) is 0. The fourth-order valence-corrected chi connectivity index (χ4v) is 5.87. The molecule has 3 atom stereocenters. The van der Waals surface area contributed by atoms with Gasteiger partial charge in [0, 0.05) is 42.2 Å². The molecule has 1 fully saturated rings. The minimum Gasteiger partial charge on any atom is -0.376 e. The number of hydrogen-bond donors (Lipinski definition) is 0. The van der Waals surface area contributed by atoms with Crippen LogP contribution in [-0.2, 0) is 37.0 Å². The smallest absolute Gasteiger partial charge is 0.376 e. The third-order valence-corrected chi connectivity index (χ3v) is 7.91. The summed E-state index contributed by atoms with van der Waals surface area (Å²) in [6.45, 7) is 5.93. The highest BCUT2D eigenvalue weighted by Crippen LogP contribution is 2.34. The zero-order valence-electron chi connectivity index (χ0n) is 17.2. The van der Waals surface area contributed by atoms with Crippen LogP contribution >= 0.6 is 0 Å². The molecule has 0 spiro atoms. The van der Waals surface area contributed by atoms with Gasteiger partial charge in [-0.2, -0.15) is 0 Å². The van der Waals surface area contributed by atoms with Crippen molar-refractivity contribution in [3.8, 4) is 0 Å². The Hall–Kier alpha value is -0.103. The number of ether oxygens (including phenoxy) is 5. The SMILES string of the molecule is CCC(OC)C(OC)(OC)[Si](OC)(OC)OCCCC(C)OCC1CO1. The van der Waals surface area contributed by atoms with Crippen LogP contribution in [0.25, 0.3) is 0 Å². The van der Waals surface area contributed by atoms with E-state index >= 15 is 0 Å². The van der Waals surface area contributed by atoms with Crippen LogP contribution in [0.3, 0.4) is 0 Å². The van der Waals surface area contributed by atoms with Crippen molar-refractivity contribution in [2.75, 3.05) is 55.4 Å². The van der Waals surface area contributed by atoms with E-state index in [1.165, 1.54) is 0 Å². The first-order valence-corrected chi connectivity index (χ1v) is 10.8. The molecule has 1 saturated heterocycles. The summed E-state index contributed by atoms with van der Waals surface area (Å²) < 4.78 is 45.5. The number of hydrogen-bond acceptors (Lipinski definition) is 8. The molecule has 0 saturated carbocycles. The van der Waals surface area contributed by atoms with E-state index in [0.717, 1.165) is 19.4 Å². The fourth-order valence-electron chi connectivity index (χ4n) is 3.07. The van der Waals surface area contributed by atoms with Gasteiger partial charge in [-0.25, -0.2) is 0 Å². The average molecular weight is 397 g/mol. The summed E-state index contributed by atoms with van der Waals surface area (Å²) in [5, 5.41) is 0. The summed E-state index contributed by atoms with van der Waals surface area (Å²) in [5.41, 5.74) is -1.24. The van der Waals surface area contributed by atoms with Gasteiger partial charge in [0.1, 0.15) is 12.2 Å². The minimum atomic E-state index is -3.36. The maximum Gasteiger partial charge on any atom is 0.566 e. The second-order valence-electron chi connectivity index (χ2n) is 6.26. The third kappa shape index (κ3) is 5.70. The number of methoxy groups -OCH3 is 3. The van der Waals surface area contributed by atoms with Crippen molar-refractivity contribution in [3.05, 3.63) is 0 Å². The van der Waals surface area contributed by atoms with E-state index < -0.39 is 20.3 Å². The second kappa shape index (κ2) is 11.7. The summed E-state index contributed by atoms with van der Waals surface area (Å²) in [4.78, 5) is 0. The van der Waals surface area contributed by atoms with Crippen LogP contribution in [0.1, 0.15) is 33.1 Å². The maximum atomic E-state index is 6.13. The standard InChI is InChI=1S/C17H36O8Si/c1-8-16(18-3)17(19-4,20-5)26(21-6,22-7)25-11-9-10-14(2)23-12-15-13-24-15/h14-16H,8-13H2,1-7H3. The van der Waals surface area contributed by atoms with Gasteiger partial charge in [-0.15, -0.1) is 0 Å². The van der Waals surface area contributed by atoms with Crippen LogP contribution in [0.15, 0.2) is 0 Å². The Morgan fingerprint density at radius 3 is 2.15 bits per heavy atom. The molecule has 1 aliphatic heterocycles. The van der Waals surface area contributed by atoms with Crippen molar-refractivity contribution < 1.29 is 37.0 Å². The zero-order chi connectivity index (χ0) is 19.6. The Bertz CT molecular complexity index is 368. The van der Waals surface area contributed by atoms with Crippen LogP contribution in [0.2, 0.25) is 0 Å². The molecule has 0 radical (unpaired) electrons. The van der Waals surface area contributed by atoms with Crippen molar-refractivity contribution >= 4 is 8.80 Å². The normalized spacial score (nSPS) is 20.2. The molecule has 0 aliphatic carbocycles. The van der Waals surface area contributed by atoms with Crippen molar-refractivity contribution in [1.29, 1.82) is 0 Å². The van der Waals surface area contributed by atoms with E-state index in [4.69, 9.17) is 37.0 Å². The van der Waals surface area contributed by atoms with Gasteiger partial charge in [-0.1, -0.05) is 6.92 Å². The molecule has 0 N–H and O–H groups in total. The summed E-state index contributed by atoms with van der Waals surface area (Å²) in [5.74, 6) is 0. The lowest BCUT2D eigenvalue weighted by Crippen LogP contribution is -2.71. The predicted molar refractivity (Wildman–Crippen MR) is 97.9 cm³/mol. The monoisotopic (exact) mass is 396 g/mol. The van der Waals surface area contributed by atoms with Crippen LogP contribution < -0.4 is 0 Å². The second-order valence-corrected chi connectivity index (χ2v) is 9.18. The van der Waals surface area contributed by atoms with Gasteiger partial charge in [-0.3, -0.25) is 0 Å². The maximum absolute atomic E-state index is 6.13. The molecular weight excluding hydrogens is 360 g/mol. The van der Waals surface area contributed by atoms with Gasteiger partial charge in [0.2, 0.25) is 0 Å². The van der Waals surface area contributed by atoms with E-state index in [-0.39, 0.29) is 12.2 Å². The molecule has 1 aliphatic rings. The van der Waals surface area contributed by atoms with Gasteiger partial charge in [-0.05, 0) is 26.2 Å². The van der Waals surface area contributed by atoms with E-state index in [0.29, 0.717) is 19.6 Å². The van der Waals surface area contributed by atoms with Crippen LogP contribution in [0.4, 0.5) is 0 Å². The molecular formula is C17H36O8Si. The minimum absolute atomic E-state index is 0.140. The first-order valence-electron chi connectivity index (χ1n) is 9.09. The molecule has 26 heavy (non-hydrogen) atoms. The number of rotatable bonds is 16. The van der Waals surface area contributed by atoms with Crippen molar-refractivity contribution in [2.45, 2.75) is 56.8 Å². The molecule has 1 heterocycles. The van der Waals surface area contributed by atoms with E-state index in [1.54, 1.807) is 35.5 Å². The van der Waals surface area contributed by atoms with Gasteiger partial charge < -0.3 is 37.0 Å². The predicted octanol–water partition coefficient (Wildman–Crippen LogP) is 1.77. The van der Waals surface area contributed by atoms with Crippen molar-refractivity contribution in [1.82, 2.24) is 0 Å². The molecule has 0 aromatic rings. The molecule has 156 valence electrons.